The molecule has 0 spiro atoms. The highest BCUT2D eigenvalue weighted by atomic mass is 16.6. The van der Waals surface area contributed by atoms with Crippen LogP contribution >= 0.6 is 0 Å². The summed E-state index contributed by atoms with van der Waals surface area (Å²) in [5.74, 6) is -0.645. The molecule has 1 heterocycles. The van der Waals surface area contributed by atoms with Crippen molar-refractivity contribution < 1.29 is 9.72 Å². The van der Waals surface area contributed by atoms with Crippen molar-refractivity contribution >= 4 is 17.3 Å². The number of hydrogen-bond acceptors (Lipinski definition) is 5. The molecule has 0 aliphatic heterocycles. The fourth-order valence-corrected chi connectivity index (χ4v) is 1.56. The Morgan fingerprint density at radius 3 is 2.70 bits per heavy atom. The number of nitrogens with one attached hydrogen (secondary N) is 2. The second-order valence-electron chi connectivity index (χ2n) is 4.04. The third-order valence-corrected chi connectivity index (χ3v) is 2.51. The molecule has 1 aromatic heterocycles. The van der Waals surface area contributed by atoms with E-state index >= 15 is 0 Å². The maximum absolute atomic E-state index is 11.9. The fraction of sp³-hybridized carbons (Fsp3) is 0.0833. The Labute approximate surface area is 112 Å². The third-order valence-electron chi connectivity index (χ3n) is 2.51. The second-order valence-corrected chi connectivity index (χ2v) is 4.04. The van der Waals surface area contributed by atoms with Gasteiger partial charge in [-0.25, -0.2) is 5.10 Å². The van der Waals surface area contributed by atoms with Crippen LogP contribution in [0.5, 0.6) is 0 Å². The van der Waals surface area contributed by atoms with Gasteiger partial charge in [-0.1, -0.05) is 6.07 Å². The molecule has 2 aromatic rings. The summed E-state index contributed by atoms with van der Waals surface area (Å²) >= 11 is 0. The minimum absolute atomic E-state index is 0.0422. The highest BCUT2D eigenvalue weighted by Crippen LogP contribution is 2.25. The molecule has 0 radical (unpaired) electrons. The van der Waals surface area contributed by atoms with Crippen molar-refractivity contribution in [3.05, 3.63) is 62.1 Å². The normalized spacial score (nSPS) is 10.1. The number of H-pyrrole nitrogens is 1. The zero-order chi connectivity index (χ0) is 14.7. The molecule has 1 amide bonds. The summed E-state index contributed by atoms with van der Waals surface area (Å²) in [5.41, 5.74) is 0.0839. The minimum atomic E-state index is -0.645. The molecule has 0 fully saturated rings. The maximum atomic E-state index is 11.9. The number of aromatic amines is 1. The van der Waals surface area contributed by atoms with Crippen LogP contribution in [-0.4, -0.2) is 21.0 Å². The number of carbonyl (C=O) groups excluding carboxylic acids is 1. The molecule has 2 N–H and O–H groups in total. The summed E-state index contributed by atoms with van der Waals surface area (Å²) in [6.45, 7) is 1.71. The van der Waals surface area contributed by atoms with Gasteiger partial charge in [0.2, 0.25) is 0 Å². The first-order chi connectivity index (χ1) is 9.47. The number of carbonyl (C=O) groups is 1. The second kappa shape index (κ2) is 5.31. The first-order valence-corrected chi connectivity index (χ1v) is 5.59. The lowest BCUT2D eigenvalue weighted by Crippen LogP contribution is -2.18. The summed E-state index contributed by atoms with van der Waals surface area (Å²) in [6, 6.07) is 6.82. The van der Waals surface area contributed by atoms with Crippen LogP contribution in [0.15, 0.2) is 35.1 Å². The number of nitro groups is 1. The largest absolute Gasteiger partial charge is 0.315 e. The molecule has 0 saturated heterocycles. The molecule has 102 valence electrons. The van der Waals surface area contributed by atoms with Crippen LogP contribution in [0.1, 0.15) is 16.1 Å². The molecule has 0 unspecified atom stereocenters. The number of nitro benzene ring substituents is 1. The summed E-state index contributed by atoms with van der Waals surface area (Å²) in [5, 5.41) is 19.0. The van der Waals surface area contributed by atoms with Gasteiger partial charge in [-0.05, 0) is 24.6 Å². The first kappa shape index (κ1) is 13.4. The highest BCUT2D eigenvalue weighted by molar-refractivity contribution is 6.03. The molecular formula is C12H10N4O4. The SMILES string of the molecule is Cc1ccc(NC(=O)c2ccc(=O)[nH]n2)c([N+](=O)[O-])c1. The first-order valence-electron chi connectivity index (χ1n) is 5.59. The molecule has 8 nitrogen and oxygen atoms in total. The number of rotatable bonds is 3. The van der Waals surface area contributed by atoms with Gasteiger partial charge in [-0.2, -0.15) is 5.10 Å². The van der Waals surface area contributed by atoms with E-state index in [0.717, 1.165) is 6.07 Å². The number of aryl methyl sites for hydroxylation is 1. The van der Waals surface area contributed by atoms with Gasteiger partial charge in [0.15, 0.2) is 0 Å². The quantitative estimate of drug-likeness (QED) is 0.644. The van der Waals surface area contributed by atoms with Gasteiger partial charge >= 0.3 is 0 Å². The Morgan fingerprint density at radius 1 is 1.35 bits per heavy atom. The van der Waals surface area contributed by atoms with E-state index in [1.807, 2.05) is 0 Å². The van der Waals surface area contributed by atoms with Gasteiger partial charge in [0, 0.05) is 12.1 Å². The Hall–Kier alpha value is -3.03. The van der Waals surface area contributed by atoms with Crippen LogP contribution in [0, 0.1) is 17.0 Å². The van der Waals surface area contributed by atoms with Gasteiger partial charge < -0.3 is 5.32 Å². The van der Waals surface area contributed by atoms with Crippen molar-refractivity contribution in [2.24, 2.45) is 0 Å². The molecule has 8 heteroatoms. The zero-order valence-corrected chi connectivity index (χ0v) is 10.4. The number of hydrogen-bond donors (Lipinski definition) is 2. The lowest BCUT2D eigenvalue weighted by Gasteiger charge is -2.05. The van der Waals surface area contributed by atoms with E-state index in [2.05, 4.69) is 15.5 Å². The average Bonchev–Trinajstić information content (AvgIpc) is 2.41. The Kier molecular flexibility index (Phi) is 3.56. The number of amides is 1. The molecule has 0 bridgehead atoms. The monoisotopic (exact) mass is 274 g/mol. The number of nitrogens with zero attached hydrogens (tertiary/aromatic N) is 2. The fourth-order valence-electron chi connectivity index (χ4n) is 1.56. The molecule has 0 atom stereocenters. The van der Waals surface area contributed by atoms with Gasteiger partial charge in [0.1, 0.15) is 11.4 Å². The van der Waals surface area contributed by atoms with E-state index in [9.17, 15) is 19.7 Å². The van der Waals surface area contributed by atoms with Crippen molar-refractivity contribution in [2.45, 2.75) is 6.92 Å². The lowest BCUT2D eigenvalue weighted by atomic mass is 10.2. The van der Waals surface area contributed by atoms with E-state index in [1.54, 1.807) is 13.0 Å². The minimum Gasteiger partial charge on any atom is -0.315 e. The predicted molar refractivity (Wildman–Crippen MR) is 70.6 cm³/mol. The smallest absolute Gasteiger partial charge is 0.293 e. The predicted octanol–water partition coefficient (Wildman–Crippen LogP) is 1.24. The van der Waals surface area contributed by atoms with Crippen LogP contribution in [0.4, 0.5) is 11.4 Å². The van der Waals surface area contributed by atoms with Gasteiger partial charge in [-0.3, -0.25) is 19.7 Å². The number of anilines is 1. The zero-order valence-electron chi connectivity index (χ0n) is 10.4. The Morgan fingerprint density at radius 2 is 2.10 bits per heavy atom. The summed E-state index contributed by atoms with van der Waals surface area (Å²) < 4.78 is 0. The third kappa shape index (κ3) is 2.86. The number of aromatic nitrogens is 2. The van der Waals surface area contributed by atoms with Crippen LogP contribution < -0.4 is 10.9 Å². The standard InChI is InChI=1S/C12H10N4O4/c1-7-2-3-8(10(6-7)16(19)20)13-12(18)9-4-5-11(17)15-14-9/h2-6H,1H3,(H,13,18)(H,15,17). The van der Waals surface area contributed by atoms with Gasteiger partial charge in [-0.15, -0.1) is 0 Å². The summed E-state index contributed by atoms with van der Waals surface area (Å²) in [7, 11) is 0. The van der Waals surface area contributed by atoms with Crippen molar-refractivity contribution in [1.82, 2.24) is 10.2 Å². The average molecular weight is 274 g/mol. The van der Waals surface area contributed by atoms with Crippen molar-refractivity contribution in [2.75, 3.05) is 5.32 Å². The maximum Gasteiger partial charge on any atom is 0.293 e. The molecular weight excluding hydrogens is 264 g/mol. The Bertz CT molecular complexity index is 718. The molecule has 1 aromatic carbocycles. The van der Waals surface area contributed by atoms with E-state index < -0.39 is 16.4 Å². The van der Waals surface area contributed by atoms with Crippen molar-refractivity contribution in [1.29, 1.82) is 0 Å². The van der Waals surface area contributed by atoms with E-state index in [1.165, 1.54) is 18.2 Å². The summed E-state index contributed by atoms with van der Waals surface area (Å²) in [6.07, 6.45) is 0. The molecule has 0 aliphatic rings. The van der Waals surface area contributed by atoms with E-state index in [-0.39, 0.29) is 17.1 Å². The van der Waals surface area contributed by atoms with Crippen molar-refractivity contribution in [3.63, 3.8) is 0 Å². The molecule has 2 rings (SSSR count). The van der Waals surface area contributed by atoms with Crippen LogP contribution in [0.3, 0.4) is 0 Å². The Balaban J connectivity index is 2.30. The van der Waals surface area contributed by atoms with Crippen LogP contribution in [0.2, 0.25) is 0 Å². The molecule has 0 aliphatic carbocycles. The molecule has 20 heavy (non-hydrogen) atoms. The van der Waals surface area contributed by atoms with E-state index in [0.29, 0.717) is 5.56 Å². The van der Waals surface area contributed by atoms with Gasteiger partial charge in [0.25, 0.3) is 17.2 Å². The number of benzene rings is 1. The highest BCUT2D eigenvalue weighted by Gasteiger charge is 2.17. The topological polar surface area (TPSA) is 118 Å². The van der Waals surface area contributed by atoms with E-state index in [4.69, 9.17) is 0 Å². The lowest BCUT2D eigenvalue weighted by molar-refractivity contribution is -0.384. The molecule has 0 saturated carbocycles. The summed E-state index contributed by atoms with van der Waals surface area (Å²) in [4.78, 5) is 33.1. The van der Waals surface area contributed by atoms with Crippen LogP contribution in [-0.2, 0) is 0 Å². The van der Waals surface area contributed by atoms with Gasteiger partial charge in [0.05, 0.1) is 4.92 Å². The van der Waals surface area contributed by atoms with Crippen LogP contribution in [0.25, 0.3) is 0 Å². The van der Waals surface area contributed by atoms with Crippen molar-refractivity contribution in [3.8, 4) is 0 Å².